The van der Waals surface area contributed by atoms with E-state index < -0.39 is 0 Å². The molecule has 0 fully saturated rings. The first-order valence-corrected chi connectivity index (χ1v) is 6.35. The van der Waals surface area contributed by atoms with Crippen molar-refractivity contribution >= 4 is 27.5 Å². The van der Waals surface area contributed by atoms with E-state index in [-0.39, 0.29) is 5.91 Å². The zero-order chi connectivity index (χ0) is 13.5. The van der Waals surface area contributed by atoms with Crippen LogP contribution in [0.5, 0.6) is 0 Å². The van der Waals surface area contributed by atoms with E-state index in [0.29, 0.717) is 31.0 Å². The fourth-order valence-electron chi connectivity index (χ4n) is 1.27. The molecule has 0 aromatic heterocycles. The summed E-state index contributed by atoms with van der Waals surface area (Å²) in [5, 5.41) is 2.75. The Morgan fingerprint density at radius 1 is 1.56 bits per heavy atom. The zero-order valence-electron chi connectivity index (χ0n) is 10.3. The van der Waals surface area contributed by atoms with Gasteiger partial charge in [-0.3, -0.25) is 4.79 Å². The Hall–Kier alpha value is -1.33. The first-order valence-electron chi connectivity index (χ1n) is 5.56. The highest BCUT2D eigenvalue weighted by atomic mass is 79.9. The number of ether oxygens (including phenoxy) is 1. The molecule has 0 bridgehead atoms. The number of carbonyl (C=O) groups excluding carboxylic acids is 1. The highest BCUT2D eigenvalue weighted by Crippen LogP contribution is 2.19. The summed E-state index contributed by atoms with van der Waals surface area (Å²) in [5.41, 5.74) is 7.75. The molecule has 3 N–H and O–H groups in total. The molecule has 0 radical (unpaired) electrons. The van der Waals surface area contributed by atoms with Crippen LogP contribution in [0.2, 0.25) is 0 Å². The second-order valence-electron chi connectivity index (χ2n) is 4.00. The Bertz CT molecular complexity index is 447. The minimum atomic E-state index is -0.159. The SMILES string of the molecule is C=C(C)COCCNC(=O)c1ccc(Br)c(N)c1. The third kappa shape index (κ3) is 4.89. The van der Waals surface area contributed by atoms with Gasteiger partial charge in [0.2, 0.25) is 0 Å². The summed E-state index contributed by atoms with van der Waals surface area (Å²) in [6.07, 6.45) is 0. The Balaban J connectivity index is 2.36. The summed E-state index contributed by atoms with van der Waals surface area (Å²) in [5.74, 6) is -0.159. The van der Waals surface area contributed by atoms with Gasteiger partial charge >= 0.3 is 0 Å². The molecule has 0 aliphatic carbocycles. The number of benzene rings is 1. The number of nitrogens with one attached hydrogen (secondary N) is 1. The molecular formula is C13H17BrN2O2. The van der Waals surface area contributed by atoms with Crippen LogP contribution in [-0.2, 0) is 4.74 Å². The van der Waals surface area contributed by atoms with E-state index in [1.807, 2.05) is 6.92 Å². The van der Waals surface area contributed by atoms with Crippen molar-refractivity contribution in [3.63, 3.8) is 0 Å². The van der Waals surface area contributed by atoms with Gasteiger partial charge in [0.25, 0.3) is 5.91 Å². The molecular weight excluding hydrogens is 296 g/mol. The summed E-state index contributed by atoms with van der Waals surface area (Å²) in [7, 11) is 0. The van der Waals surface area contributed by atoms with Crippen molar-refractivity contribution < 1.29 is 9.53 Å². The van der Waals surface area contributed by atoms with Crippen LogP contribution in [0.3, 0.4) is 0 Å². The van der Waals surface area contributed by atoms with Gasteiger partial charge in [0.1, 0.15) is 0 Å². The molecule has 5 heteroatoms. The number of anilines is 1. The molecule has 1 amide bonds. The minimum absolute atomic E-state index is 0.159. The van der Waals surface area contributed by atoms with Crippen LogP contribution in [0.25, 0.3) is 0 Å². The standard InChI is InChI=1S/C13H17BrN2O2/c1-9(2)8-18-6-5-16-13(17)10-3-4-11(14)12(15)7-10/h3-4,7H,1,5-6,8,15H2,2H3,(H,16,17). The van der Waals surface area contributed by atoms with Crippen LogP contribution < -0.4 is 11.1 Å². The van der Waals surface area contributed by atoms with Crippen molar-refractivity contribution in [2.24, 2.45) is 0 Å². The highest BCUT2D eigenvalue weighted by molar-refractivity contribution is 9.10. The summed E-state index contributed by atoms with van der Waals surface area (Å²) in [6.45, 7) is 7.05. The van der Waals surface area contributed by atoms with Crippen LogP contribution in [0.15, 0.2) is 34.8 Å². The third-order valence-corrected chi connectivity index (χ3v) is 2.86. The van der Waals surface area contributed by atoms with Gasteiger partial charge in [0.05, 0.1) is 13.2 Å². The number of nitrogens with two attached hydrogens (primary N) is 1. The van der Waals surface area contributed by atoms with Crippen LogP contribution >= 0.6 is 15.9 Å². The molecule has 0 aliphatic heterocycles. The topological polar surface area (TPSA) is 64.3 Å². The van der Waals surface area contributed by atoms with Gasteiger partial charge in [0, 0.05) is 22.3 Å². The molecule has 0 heterocycles. The van der Waals surface area contributed by atoms with E-state index in [2.05, 4.69) is 27.8 Å². The number of nitrogen functional groups attached to an aromatic ring is 1. The predicted molar refractivity (Wildman–Crippen MR) is 76.5 cm³/mol. The number of amides is 1. The fraction of sp³-hybridized carbons (Fsp3) is 0.308. The van der Waals surface area contributed by atoms with E-state index in [1.165, 1.54) is 0 Å². The van der Waals surface area contributed by atoms with Gasteiger partial charge in [-0.25, -0.2) is 0 Å². The van der Waals surface area contributed by atoms with Crippen LogP contribution in [0.4, 0.5) is 5.69 Å². The largest absolute Gasteiger partial charge is 0.398 e. The molecule has 0 unspecified atom stereocenters. The Morgan fingerprint density at radius 2 is 2.28 bits per heavy atom. The number of halogens is 1. The number of carbonyl (C=O) groups is 1. The van der Waals surface area contributed by atoms with Crippen molar-refractivity contribution in [2.75, 3.05) is 25.5 Å². The number of hydrogen-bond donors (Lipinski definition) is 2. The van der Waals surface area contributed by atoms with Crippen LogP contribution in [0.1, 0.15) is 17.3 Å². The monoisotopic (exact) mass is 312 g/mol. The lowest BCUT2D eigenvalue weighted by molar-refractivity contribution is 0.0927. The van der Waals surface area contributed by atoms with Gasteiger partial charge in [-0.05, 0) is 41.1 Å². The molecule has 0 saturated heterocycles. The lowest BCUT2D eigenvalue weighted by atomic mass is 10.2. The van der Waals surface area contributed by atoms with Gasteiger partial charge in [-0.2, -0.15) is 0 Å². The summed E-state index contributed by atoms with van der Waals surface area (Å²) < 4.78 is 6.06. The van der Waals surface area contributed by atoms with Gasteiger partial charge in [-0.15, -0.1) is 0 Å². The second kappa shape index (κ2) is 7.18. The average molecular weight is 313 g/mol. The summed E-state index contributed by atoms with van der Waals surface area (Å²) in [4.78, 5) is 11.8. The lowest BCUT2D eigenvalue weighted by Crippen LogP contribution is -2.27. The molecule has 4 nitrogen and oxygen atoms in total. The van der Waals surface area contributed by atoms with Crippen molar-refractivity contribution in [1.82, 2.24) is 5.32 Å². The highest BCUT2D eigenvalue weighted by Gasteiger charge is 2.06. The third-order valence-electron chi connectivity index (χ3n) is 2.14. The maximum Gasteiger partial charge on any atom is 0.251 e. The lowest BCUT2D eigenvalue weighted by Gasteiger charge is -2.07. The van der Waals surface area contributed by atoms with E-state index in [0.717, 1.165) is 10.0 Å². The molecule has 1 rings (SSSR count). The minimum Gasteiger partial charge on any atom is -0.398 e. The molecule has 18 heavy (non-hydrogen) atoms. The molecule has 0 saturated carbocycles. The van der Waals surface area contributed by atoms with E-state index >= 15 is 0 Å². The molecule has 0 spiro atoms. The zero-order valence-corrected chi connectivity index (χ0v) is 11.9. The molecule has 98 valence electrons. The first kappa shape index (κ1) is 14.7. The Labute approximate surface area is 115 Å². The van der Waals surface area contributed by atoms with Crippen molar-refractivity contribution in [2.45, 2.75) is 6.92 Å². The van der Waals surface area contributed by atoms with Crippen LogP contribution in [0, 0.1) is 0 Å². The van der Waals surface area contributed by atoms with Crippen molar-refractivity contribution in [3.8, 4) is 0 Å². The number of hydrogen-bond acceptors (Lipinski definition) is 3. The number of rotatable bonds is 6. The maximum atomic E-state index is 11.8. The van der Waals surface area contributed by atoms with E-state index in [9.17, 15) is 4.79 Å². The van der Waals surface area contributed by atoms with Crippen molar-refractivity contribution in [1.29, 1.82) is 0 Å². The quantitative estimate of drug-likeness (QED) is 0.481. The fourth-order valence-corrected chi connectivity index (χ4v) is 1.52. The molecule has 0 atom stereocenters. The Morgan fingerprint density at radius 3 is 2.89 bits per heavy atom. The molecule has 0 aliphatic rings. The van der Waals surface area contributed by atoms with E-state index in [4.69, 9.17) is 10.5 Å². The first-order chi connectivity index (χ1) is 8.50. The van der Waals surface area contributed by atoms with Gasteiger partial charge < -0.3 is 15.8 Å². The van der Waals surface area contributed by atoms with E-state index in [1.54, 1.807) is 18.2 Å². The molecule has 1 aromatic rings. The average Bonchev–Trinajstić information content (AvgIpc) is 2.31. The van der Waals surface area contributed by atoms with Gasteiger partial charge in [0.15, 0.2) is 0 Å². The van der Waals surface area contributed by atoms with Crippen molar-refractivity contribution in [3.05, 3.63) is 40.4 Å². The van der Waals surface area contributed by atoms with Crippen LogP contribution in [-0.4, -0.2) is 25.7 Å². The molecule has 1 aromatic carbocycles. The second-order valence-corrected chi connectivity index (χ2v) is 4.86. The smallest absolute Gasteiger partial charge is 0.251 e. The predicted octanol–water partition coefficient (Wildman–Crippen LogP) is 2.35. The maximum absolute atomic E-state index is 11.8. The van der Waals surface area contributed by atoms with Gasteiger partial charge in [-0.1, -0.05) is 12.2 Å². The Kier molecular flexibility index (Phi) is 5.88. The normalized spacial score (nSPS) is 10.1. The summed E-state index contributed by atoms with van der Waals surface area (Å²) in [6, 6.07) is 5.10. The summed E-state index contributed by atoms with van der Waals surface area (Å²) >= 11 is 3.28.